The van der Waals surface area contributed by atoms with Crippen molar-refractivity contribution < 1.29 is 23.8 Å². The molecule has 9 nitrogen and oxygen atoms in total. The number of hydrogen-bond acceptors (Lipinski definition) is 6. The summed E-state index contributed by atoms with van der Waals surface area (Å²) in [4.78, 5) is 27.7. The molecule has 9 heteroatoms. The molecule has 0 aromatic heterocycles. The highest BCUT2D eigenvalue weighted by molar-refractivity contribution is 6.04. The van der Waals surface area contributed by atoms with Crippen LogP contribution in [0, 0.1) is 0 Å². The highest BCUT2D eigenvalue weighted by atomic mass is 16.5. The SMILES string of the molecule is CCC(CC)NC(=O)Nc1ccc(Oc2ccc(NC(=O)c3ccc(OC4CCN(C(C)C)CC4)cc3)cc2)c(COC)c1. The number of hydrogen-bond donors (Lipinski definition) is 3. The van der Waals surface area contributed by atoms with Crippen LogP contribution < -0.4 is 25.4 Å². The molecule has 3 amide bonds. The monoisotopic (exact) mass is 602 g/mol. The Balaban J connectivity index is 1.30. The molecular weight excluding hydrogens is 556 g/mol. The minimum absolute atomic E-state index is 0.131. The number of likely N-dealkylation sites (tertiary alicyclic amines) is 1. The van der Waals surface area contributed by atoms with Crippen LogP contribution in [0.4, 0.5) is 16.2 Å². The van der Waals surface area contributed by atoms with Gasteiger partial charge in [-0.25, -0.2) is 4.79 Å². The van der Waals surface area contributed by atoms with Crippen LogP contribution in [0.5, 0.6) is 17.2 Å². The molecule has 0 saturated carbocycles. The van der Waals surface area contributed by atoms with Crippen molar-refractivity contribution in [3.05, 3.63) is 77.9 Å². The maximum absolute atomic E-state index is 12.9. The molecule has 1 heterocycles. The lowest BCUT2D eigenvalue weighted by atomic mass is 10.1. The maximum atomic E-state index is 12.9. The Bertz CT molecular complexity index is 1350. The number of nitrogens with one attached hydrogen (secondary N) is 3. The number of carbonyl (C=O) groups excluding carboxylic acids is 2. The Morgan fingerprint density at radius 2 is 1.50 bits per heavy atom. The van der Waals surface area contributed by atoms with Crippen molar-refractivity contribution in [1.29, 1.82) is 0 Å². The average Bonchev–Trinajstić information content (AvgIpc) is 3.02. The molecule has 0 aliphatic carbocycles. The third kappa shape index (κ3) is 9.46. The van der Waals surface area contributed by atoms with E-state index in [1.807, 2.05) is 32.0 Å². The minimum Gasteiger partial charge on any atom is -0.490 e. The highest BCUT2D eigenvalue weighted by Gasteiger charge is 2.22. The van der Waals surface area contributed by atoms with Gasteiger partial charge in [-0.2, -0.15) is 0 Å². The predicted molar refractivity (Wildman–Crippen MR) is 175 cm³/mol. The number of carbonyl (C=O) groups is 2. The topological polar surface area (TPSA) is 101 Å². The number of ether oxygens (including phenoxy) is 3. The van der Waals surface area contributed by atoms with Gasteiger partial charge < -0.3 is 35.1 Å². The summed E-state index contributed by atoms with van der Waals surface area (Å²) < 4.78 is 17.6. The lowest BCUT2D eigenvalue weighted by Gasteiger charge is -2.34. The average molecular weight is 603 g/mol. The summed E-state index contributed by atoms with van der Waals surface area (Å²) in [5, 5.41) is 8.80. The Morgan fingerprint density at radius 1 is 0.864 bits per heavy atom. The third-order valence-corrected chi connectivity index (χ3v) is 7.91. The summed E-state index contributed by atoms with van der Waals surface area (Å²) in [7, 11) is 1.61. The van der Waals surface area contributed by atoms with Crippen molar-refractivity contribution >= 4 is 23.3 Å². The van der Waals surface area contributed by atoms with Crippen LogP contribution in [0.1, 0.15) is 69.3 Å². The van der Waals surface area contributed by atoms with Gasteiger partial charge in [0.05, 0.1) is 6.61 Å². The first kappa shape index (κ1) is 32.8. The van der Waals surface area contributed by atoms with Gasteiger partial charge in [0.15, 0.2) is 0 Å². The standard InChI is InChI=1S/C35H46N4O5/c1-6-27(7-2)37-35(41)38-29-12-17-33(26(22-29)23-42-5)44-31-15-10-28(11-16-31)36-34(40)25-8-13-30(14-9-25)43-32-18-20-39(21-19-32)24(3)4/h8-17,22,24,27,32H,6-7,18-21,23H2,1-5H3,(H,36,40)(H2,37,38,41). The van der Waals surface area contributed by atoms with Gasteiger partial charge in [0.1, 0.15) is 23.4 Å². The van der Waals surface area contributed by atoms with E-state index in [0.29, 0.717) is 41.1 Å². The summed E-state index contributed by atoms with van der Waals surface area (Å²) in [6.45, 7) is 10.9. The Hall–Kier alpha value is -4.08. The second-order valence-electron chi connectivity index (χ2n) is 11.4. The fraction of sp³-hybridized carbons (Fsp3) is 0.429. The zero-order chi connectivity index (χ0) is 31.5. The number of amides is 3. The van der Waals surface area contributed by atoms with Crippen LogP contribution in [0.25, 0.3) is 0 Å². The van der Waals surface area contributed by atoms with E-state index >= 15 is 0 Å². The molecule has 0 unspecified atom stereocenters. The lowest BCUT2D eigenvalue weighted by Crippen LogP contribution is -2.41. The van der Waals surface area contributed by atoms with Gasteiger partial charge in [-0.3, -0.25) is 4.79 Å². The van der Waals surface area contributed by atoms with E-state index in [4.69, 9.17) is 14.2 Å². The Labute approximate surface area is 261 Å². The van der Waals surface area contributed by atoms with Crippen molar-refractivity contribution in [2.45, 2.75) is 78.2 Å². The first-order chi connectivity index (χ1) is 21.3. The van der Waals surface area contributed by atoms with Crippen molar-refractivity contribution in [1.82, 2.24) is 10.2 Å². The minimum atomic E-state index is -0.240. The normalized spacial score (nSPS) is 14.0. The summed E-state index contributed by atoms with van der Waals surface area (Å²) >= 11 is 0. The smallest absolute Gasteiger partial charge is 0.319 e. The van der Waals surface area contributed by atoms with Gasteiger partial charge in [0.2, 0.25) is 0 Å². The molecule has 1 fully saturated rings. The molecule has 0 radical (unpaired) electrons. The molecule has 4 rings (SSSR count). The highest BCUT2D eigenvalue weighted by Crippen LogP contribution is 2.30. The fourth-order valence-corrected chi connectivity index (χ4v) is 5.19. The van der Waals surface area contributed by atoms with Crippen molar-refractivity contribution in [2.24, 2.45) is 0 Å². The molecule has 236 valence electrons. The number of urea groups is 1. The van der Waals surface area contributed by atoms with E-state index in [9.17, 15) is 9.59 Å². The molecule has 3 aromatic rings. The first-order valence-corrected chi connectivity index (χ1v) is 15.6. The quantitative estimate of drug-likeness (QED) is 0.188. The van der Waals surface area contributed by atoms with Gasteiger partial charge in [0.25, 0.3) is 5.91 Å². The largest absolute Gasteiger partial charge is 0.490 e. The molecular formula is C35H46N4O5. The van der Waals surface area contributed by atoms with Crippen LogP contribution >= 0.6 is 0 Å². The Morgan fingerprint density at radius 3 is 2.11 bits per heavy atom. The number of methoxy groups -OCH3 is 1. The summed E-state index contributed by atoms with van der Waals surface area (Å²) in [6, 6.07) is 20.4. The maximum Gasteiger partial charge on any atom is 0.319 e. The molecule has 0 atom stereocenters. The molecule has 1 aliphatic heterocycles. The van der Waals surface area contributed by atoms with Crippen LogP contribution in [-0.2, 0) is 11.3 Å². The summed E-state index contributed by atoms with van der Waals surface area (Å²) in [5.74, 6) is 1.80. The zero-order valence-electron chi connectivity index (χ0n) is 26.5. The molecule has 1 aliphatic rings. The molecule has 1 saturated heterocycles. The number of benzene rings is 3. The van der Waals surface area contributed by atoms with Gasteiger partial charge in [-0.1, -0.05) is 13.8 Å². The summed E-state index contributed by atoms with van der Waals surface area (Å²) in [5.41, 5.74) is 2.65. The third-order valence-electron chi connectivity index (χ3n) is 7.91. The zero-order valence-corrected chi connectivity index (χ0v) is 26.5. The van der Waals surface area contributed by atoms with Crippen LogP contribution in [0.3, 0.4) is 0 Å². The Kier molecular flexibility index (Phi) is 12.0. The van der Waals surface area contributed by atoms with Gasteiger partial charge in [0, 0.05) is 54.8 Å². The number of anilines is 2. The lowest BCUT2D eigenvalue weighted by molar-refractivity contribution is 0.0843. The number of rotatable bonds is 13. The number of nitrogens with zero attached hydrogens (tertiary/aromatic N) is 1. The molecule has 3 N–H and O–H groups in total. The van der Waals surface area contributed by atoms with E-state index in [0.717, 1.165) is 50.1 Å². The summed E-state index contributed by atoms with van der Waals surface area (Å²) in [6.07, 6.45) is 3.96. The van der Waals surface area contributed by atoms with E-state index in [1.54, 1.807) is 55.6 Å². The number of piperidine rings is 1. The van der Waals surface area contributed by atoms with Gasteiger partial charge >= 0.3 is 6.03 Å². The second-order valence-corrected chi connectivity index (χ2v) is 11.4. The van der Waals surface area contributed by atoms with Gasteiger partial charge in [-0.15, -0.1) is 0 Å². The van der Waals surface area contributed by atoms with Crippen molar-refractivity contribution in [3.8, 4) is 17.2 Å². The van der Waals surface area contributed by atoms with Crippen molar-refractivity contribution in [2.75, 3.05) is 30.8 Å². The first-order valence-electron chi connectivity index (χ1n) is 15.6. The van der Waals surface area contributed by atoms with Crippen LogP contribution in [-0.4, -0.2) is 55.2 Å². The van der Waals surface area contributed by atoms with Crippen LogP contribution in [0.2, 0.25) is 0 Å². The molecule has 0 bridgehead atoms. The van der Waals surface area contributed by atoms with Crippen molar-refractivity contribution in [3.63, 3.8) is 0 Å². The van der Waals surface area contributed by atoms with E-state index in [1.165, 1.54) is 0 Å². The predicted octanol–water partition coefficient (Wildman–Crippen LogP) is 7.44. The van der Waals surface area contributed by atoms with E-state index in [2.05, 4.69) is 34.7 Å². The second kappa shape index (κ2) is 16.1. The fourth-order valence-electron chi connectivity index (χ4n) is 5.19. The van der Waals surface area contributed by atoms with E-state index < -0.39 is 0 Å². The van der Waals surface area contributed by atoms with E-state index in [-0.39, 0.29) is 24.1 Å². The van der Waals surface area contributed by atoms with Crippen LogP contribution in [0.15, 0.2) is 66.7 Å². The molecule has 3 aromatic carbocycles. The van der Waals surface area contributed by atoms with Gasteiger partial charge in [-0.05, 0) is 106 Å². The molecule has 0 spiro atoms. The molecule has 44 heavy (non-hydrogen) atoms.